The van der Waals surface area contributed by atoms with Crippen molar-refractivity contribution in [3.05, 3.63) is 28.8 Å². The maximum Gasteiger partial charge on any atom is 0.340 e. The van der Waals surface area contributed by atoms with Gasteiger partial charge in [-0.15, -0.1) is 0 Å². The van der Waals surface area contributed by atoms with Crippen LogP contribution in [-0.2, 0) is 14.2 Å². The lowest BCUT2D eigenvalue weighted by molar-refractivity contribution is 0.0266. The molecule has 40 heavy (non-hydrogen) atoms. The molecule has 0 bridgehead atoms. The molecule has 0 aliphatic rings. The number of anilines is 1. The Hall–Kier alpha value is -2.57. The van der Waals surface area contributed by atoms with Crippen LogP contribution in [0.2, 0.25) is 0 Å². The molecule has 0 radical (unpaired) electrons. The minimum Gasteiger partial charge on any atom is -0.459 e. The smallest absolute Gasteiger partial charge is 0.340 e. The number of nitrogen functional groups attached to an aromatic ring is 1. The van der Waals surface area contributed by atoms with Crippen molar-refractivity contribution >= 4 is 23.6 Å². The number of rotatable bonds is 21. The van der Waals surface area contributed by atoms with E-state index in [-0.39, 0.29) is 40.7 Å². The molecule has 0 aliphatic heterocycles. The molecule has 0 amide bonds. The predicted molar refractivity (Wildman–Crippen MR) is 162 cm³/mol. The van der Waals surface area contributed by atoms with E-state index < -0.39 is 17.9 Å². The fourth-order valence-corrected chi connectivity index (χ4v) is 4.66. The first-order valence-corrected chi connectivity index (χ1v) is 15.8. The molecule has 0 aromatic heterocycles. The normalized spacial score (nSPS) is 13.3. The van der Waals surface area contributed by atoms with E-state index >= 15 is 0 Å². The molecule has 0 saturated heterocycles. The molecule has 3 unspecified atom stereocenters. The number of carbonyl (C=O) groups is 3. The van der Waals surface area contributed by atoms with Crippen LogP contribution in [0.15, 0.2) is 12.1 Å². The number of ether oxygens (including phenoxy) is 3. The quantitative estimate of drug-likeness (QED) is 0.0692. The largest absolute Gasteiger partial charge is 0.459 e. The summed E-state index contributed by atoms with van der Waals surface area (Å²) in [4.78, 5) is 39.9. The average Bonchev–Trinajstić information content (AvgIpc) is 2.95. The molecule has 2 N–H and O–H groups in total. The Balaban J connectivity index is 3.33. The highest BCUT2D eigenvalue weighted by Gasteiger charge is 2.27. The molecule has 3 atom stereocenters. The summed E-state index contributed by atoms with van der Waals surface area (Å²) in [6.07, 6.45) is 12.8. The highest BCUT2D eigenvalue weighted by Crippen LogP contribution is 2.26. The van der Waals surface area contributed by atoms with Gasteiger partial charge < -0.3 is 19.9 Å². The molecule has 7 heteroatoms. The van der Waals surface area contributed by atoms with Crippen LogP contribution >= 0.6 is 0 Å². The van der Waals surface area contributed by atoms with Crippen molar-refractivity contribution in [3.63, 3.8) is 0 Å². The average molecular weight is 562 g/mol. The Labute approximate surface area is 242 Å². The topological polar surface area (TPSA) is 105 Å². The van der Waals surface area contributed by atoms with Gasteiger partial charge in [-0.05, 0) is 69.9 Å². The Morgan fingerprint density at radius 1 is 0.575 bits per heavy atom. The van der Waals surface area contributed by atoms with E-state index in [2.05, 4.69) is 20.8 Å². The van der Waals surface area contributed by atoms with Crippen molar-refractivity contribution < 1.29 is 28.6 Å². The minimum atomic E-state index is -0.644. The molecule has 1 aromatic rings. The summed E-state index contributed by atoms with van der Waals surface area (Å²) < 4.78 is 17.4. The molecule has 0 spiro atoms. The van der Waals surface area contributed by atoms with Crippen molar-refractivity contribution in [1.82, 2.24) is 0 Å². The number of carbonyl (C=O) groups excluding carboxylic acids is 3. The van der Waals surface area contributed by atoms with Crippen LogP contribution in [0.1, 0.15) is 169 Å². The van der Waals surface area contributed by atoms with Gasteiger partial charge >= 0.3 is 17.9 Å². The van der Waals surface area contributed by atoms with Gasteiger partial charge in [-0.3, -0.25) is 0 Å². The van der Waals surface area contributed by atoms with Crippen LogP contribution in [0.4, 0.5) is 5.69 Å². The van der Waals surface area contributed by atoms with E-state index in [0.717, 1.165) is 77.0 Å². The van der Waals surface area contributed by atoms with Crippen LogP contribution in [0, 0.1) is 0 Å². The van der Waals surface area contributed by atoms with E-state index in [1.807, 2.05) is 20.8 Å². The SMILES string of the molecule is CCCCCC(CC)OC(=O)c1cc(C(=O)OC(CC)CCCCC)c(N)c(C(=O)OC(CC)CCCCC)c1. The van der Waals surface area contributed by atoms with Crippen molar-refractivity contribution in [3.8, 4) is 0 Å². The van der Waals surface area contributed by atoms with E-state index in [0.29, 0.717) is 19.3 Å². The second kappa shape index (κ2) is 20.3. The fraction of sp³-hybridized carbons (Fsp3) is 0.727. The van der Waals surface area contributed by atoms with E-state index in [1.54, 1.807) is 0 Å². The van der Waals surface area contributed by atoms with Gasteiger partial charge in [0.25, 0.3) is 0 Å². The van der Waals surface area contributed by atoms with Gasteiger partial charge in [0.2, 0.25) is 0 Å². The van der Waals surface area contributed by atoms with Crippen LogP contribution in [0.25, 0.3) is 0 Å². The number of nitrogens with two attached hydrogens (primary N) is 1. The minimum absolute atomic E-state index is 0.00611. The first kappa shape index (κ1) is 35.5. The zero-order valence-corrected chi connectivity index (χ0v) is 26.0. The lowest BCUT2D eigenvalue weighted by Gasteiger charge is -2.20. The Kier molecular flexibility index (Phi) is 18.0. The molecular weight excluding hydrogens is 506 g/mol. The summed E-state index contributed by atoms with van der Waals surface area (Å²) in [5.74, 6) is -1.87. The van der Waals surface area contributed by atoms with E-state index in [4.69, 9.17) is 19.9 Å². The molecule has 1 rings (SSSR count). The lowest BCUT2D eigenvalue weighted by Crippen LogP contribution is -2.23. The Morgan fingerprint density at radius 3 is 1.20 bits per heavy atom. The highest BCUT2D eigenvalue weighted by atomic mass is 16.6. The molecule has 228 valence electrons. The van der Waals surface area contributed by atoms with Crippen molar-refractivity contribution in [2.75, 3.05) is 5.73 Å². The fourth-order valence-electron chi connectivity index (χ4n) is 4.66. The maximum absolute atomic E-state index is 13.3. The van der Waals surface area contributed by atoms with Crippen LogP contribution in [0.3, 0.4) is 0 Å². The molecule has 0 aliphatic carbocycles. The van der Waals surface area contributed by atoms with E-state index in [9.17, 15) is 14.4 Å². The zero-order chi connectivity index (χ0) is 29.9. The number of hydrogen-bond donors (Lipinski definition) is 1. The lowest BCUT2D eigenvalue weighted by atomic mass is 10.0. The van der Waals surface area contributed by atoms with Gasteiger partial charge in [-0.1, -0.05) is 80.1 Å². The van der Waals surface area contributed by atoms with Gasteiger partial charge in [0.1, 0.15) is 18.3 Å². The van der Waals surface area contributed by atoms with Gasteiger partial charge in [-0.25, -0.2) is 14.4 Å². The third-order valence-electron chi connectivity index (χ3n) is 7.43. The zero-order valence-electron chi connectivity index (χ0n) is 26.0. The molecular formula is C33H55NO6. The van der Waals surface area contributed by atoms with Crippen LogP contribution in [-0.4, -0.2) is 36.2 Å². The summed E-state index contributed by atoms with van der Waals surface area (Å²) in [6.45, 7) is 12.3. The van der Waals surface area contributed by atoms with Gasteiger partial charge in [0.05, 0.1) is 22.4 Å². The standard InChI is InChI=1S/C33H55NO6/c1-7-13-16-19-25(10-4)38-31(35)24-22-28(32(36)39-26(11-5)20-17-14-8-2)30(34)29(23-24)33(37)40-27(12-6)21-18-15-9-3/h22-23,25-27H,7-21,34H2,1-6H3. The summed E-state index contributed by atoms with van der Waals surface area (Å²) in [5.41, 5.74) is 6.44. The van der Waals surface area contributed by atoms with Gasteiger partial charge in [0.15, 0.2) is 0 Å². The first-order valence-electron chi connectivity index (χ1n) is 15.8. The summed E-state index contributed by atoms with van der Waals surface area (Å²) in [5, 5.41) is 0. The van der Waals surface area contributed by atoms with Crippen molar-refractivity contribution in [2.45, 2.75) is 156 Å². The number of esters is 3. The van der Waals surface area contributed by atoms with Crippen molar-refractivity contribution in [1.29, 1.82) is 0 Å². The number of unbranched alkanes of at least 4 members (excludes halogenated alkanes) is 6. The predicted octanol–water partition coefficient (Wildman–Crippen LogP) is 8.82. The number of hydrogen-bond acceptors (Lipinski definition) is 7. The molecule has 7 nitrogen and oxygen atoms in total. The third kappa shape index (κ3) is 12.3. The number of benzene rings is 1. The summed E-state index contributed by atoms with van der Waals surface area (Å²) >= 11 is 0. The Morgan fingerprint density at radius 2 is 0.900 bits per heavy atom. The van der Waals surface area contributed by atoms with Crippen LogP contribution in [0.5, 0.6) is 0 Å². The van der Waals surface area contributed by atoms with Crippen molar-refractivity contribution in [2.24, 2.45) is 0 Å². The molecule has 0 heterocycles. The summed E-state index contributed by atoms with van der Waals surface area (Å²) in [7, 11) is 0. The van der Waals surface area contributed by atoms with Gasteiger partial charge in [0, 0.05) is 0 Å². The maximum atomic E-state index is 13.3. The Bertz CT molecular complexity index is 846. The second-order valence-electron chi connectivity index (χ2n) is 10.8. The van der Waals surface area contributed by atoms with Gasteiger partial charge in [-0.2, -0.15) is 0 Å². The molecule has 0 fully saturated rings. The first-order chi connectivity index (χ1) is 19.3. The third-order valence-corrected chi connectivity index (χ3v) is 7.43. The molecule has 0 saturated carbocycles. The van der Waals surface area contributed by atoms with E-state index in [1.165, 1.54) is 12.1 Å². The van der Waals surface area contributed by atoms with Crippen LogP contribution < -0.4 is 5.73 Å². The summed E-state index contributed by atoms with van der Waals surface area (Å²) in [6, 6.07) is 2.79. The second-order valence-corrected chi connectivity index (χ2v) is 10.8. The monoisotopic (exact) mass is 561 g/mol. The highest BCUT2D eigenvalue weighted by molar-refractivity contribution is 6.07. The molecule has 1 aromatic carbocycles.